The predicted octanol–water partition coefficient (Wildman–Crippen LogP) is 1.83. The highest BCUT2D eigenvalue weighted by atomic mass is 16.5. The Morgan fingerprint density at radius 3 is 2.91 bits per heavy atom. The zero-order valence-electron chi connectivity index (χ0n) is 11.9. The zero-order chi connectivity index (χ0) is 15.7. The molecule has 3 aromatic rings. The van der Waals surface area contributed by atoms with Crippen molar-refractivity contribution in [3.63, 3.8) is 0 Å². The Morgan fingerprint density at radius 1 is 1.41 bits per heavy atom. The van der Waals surface area contributed by atoms with Crippen LogP contribution in [0.2, 0.25) is 0 Å². The molecule has 0 spiro atoms. The number of carbonyl (C=O) groups is 1. The molecule has 0 aromatic carbocycles. The van der Waals surface area contributed by atoms with Crippen LogP contribution < -0.4 is 5.76 Å². The first-order valence-electron chi connectivity index (χ1n) is 6.38. The third-order valence-corrected chi connectivity index (χ3v) is 2.98. The molecule has 3 aromatic heterocycles. The fourth-order valence-corrected chi connectivity index (χ4v) is 1.97. The van der Waals surface area contributed by atoms with Gasteiger partial charge in [0, 0.05) is 5.56 Å². The van der Waals surface area contributed by atoms with E-state index in [2.05, 4.69) is 9.84 Å². The van der Waals surface area contributed by atoms with Crippen LogP contribution in [0.25, 0.3) is 11.7 Å². The highest BCUT2D eigenvalue weighted by molar-refractivity contribution is 5.87. The number of furan rings is 2. The van der Waals surface area contributed by atoms with Crippen molar-refractivity contribution in [1.29, 1.82) is 0 Å². The van der Waals surface area contributed by atoms with Gasteiger partial charge in [-0.2, -0.15) is 4.68 Å². The Balaban J connectivity index is 1.88. The number of aryl methyl sites for hydroxylation is 1. The normalized spacial score (nSPS) is 10.8. The van der Waals surface area contributed by atoms with Gasteiger partial charge in [0.15, 0.2) is 5.76 Å². The molecule has 8 heteroatoms. The maximum absolute atomic E-state index is 11.8. The van der Waals surface area contributed by atoms with Gasteiger partial charge in [0.1, 0.15) is 12.3 Å². The van der Waals surface area contributed by atoms with Crippen molar-refractivity contribution in [2.45, 2.75) is 13.5 Å². The Morgan fingerprint density at radius 2 is 2.23 bits per heavy atom. The van der Waals surface area contributed by atoms with Crippen LogP contribution in [0, 0.1) is 6.92 Å². The number of nitrogens with zero attached hydrogens (tertiary/aromatic N) is 2. The van der Waals surface area contributed by atoms with E-state index in [4.69, 9.17) is 13.3 Å². The van der Waals surface area contributed by atoms with Crippen LogP contribution in [-0.4, -0.2) is 22.9 Å². The summed E-state index contributed by atoms with van der Waals surface area (Å²) in [5.74, 6) is -0.319. The molecule has 3 rings (SSSR count). The largest absolute Gasteiger partial charge is 0.463 e. The fraction of sp³-hybridized carbons (Fsp3) is 0.214. The van der Waals surface area contributed by atoms with Crippen LogP contribution in [0.1, 0.15) is 21.9 Å². The molecule has 0 aliphatic carbocycles. The monoisotopic (exact) mass is 304 g/mol. The Labute approximate surface area is 123 Å². The lowest BCUT2D eigenvalue weighted by atomic mass is 10.2. The number of carbonyl (C=O) groups excluding carboxylic acids is 1. The van der Waals surface area contributed by atoms with Gasteiger partial charge in [-0.1, -0.05) is 0 Å². The fourth-order valence-electron chi connectivity index (χ4n) is 1.97. The van der Waals surface area contributed by atoms with Crippen LogP contribution in [0.3, 0.4) is 0 Å². The van der Waals surface area contributed by atoms with Crippen LogP contribution in [-0.2, 0) is 11.3 Å². The average molecular weight is 304 g/mol. The number of methoxy groups -OCH3 is 1. The molecular formula is C14H12N2O6. The van der Waals surface area contributed by atoms with E-state index in [0.29, 0.717) is 17.1 Å². The molecule has 0 amide bonds. The van der Waals surface area contributed by atoms with E-state index >= 15 is 0 Å². The molecule has 0 radical (unpaired) electrons. The summed E-state index contributed by atoms with van der Waals surface area (Å²) in [6.45, 7) is 1.74. The second kappa shape index (κ2) is 5.40. The molecule has 0 atom stereocenters. The SMILES string of the molecule is COC(=O)c1oc(Cn2nc(-c3ccco3)oc2=O)cc1C. The summed E-state index contributed by atoms with van der Waals surface area (Å²) in [6.07, 6.45) is 1.45. The van der Waals surface area contributed by atoms with Crippen molar-refractivity contribution >= 4 is 5.97 Å². The van der Waals surface area contributed by atoms with Crippen molar-refractivity contribution in [2.75, 3.05) is 7.11 Å². The molecule has 0 N–H and O–H groups in total. The maximum atomic E-state index is 11.8. The predicted molar refractivity (Wildman–Crippen MR) is 72.4 cm³/mol. The second-order valence-electron chi connectivity index (χ2n) is 4.52. The van der Waals surface area contributed by atoms with Crippen LogP contribution >= 0.6 is 0 Å². The minimum atomic E-state index is -0.653. The average Bonchev–Trinajstić information content (AvgIpc) is 3.20. The Kier molecular flexibility index (Phi) is 3.42. The molecule has 8 nitrogen and oxygen atoms in total. The van der Waals surface area contributed by atoms with E-state index in [1.807, 2.05) is 0 Å². The topological polar surface area (TPSA) is 101 Å². The molecule has 3 heterocycles. The van der Waals surface area contributed by atoms with E-state index in [1.165, 1.54) is 13.4 Å². The molecular weight excluding hydrogens is 292 g/mol. The standard InChI is InChI=1S/C14H12N2O6/c1-8-6-9(21-11(8)13(17)19-2)7-16-14(18)22-12(15-16)10-4-3-5-20-10/h3-6H,7H2,1-2H3. The molecule has 0 bridgehead atoms. The molecule has 0 saturated heterocycles. The van der Waals surface area contributed by atoms with Gasteiger partial charge in [-0.3, -0.25) is 0 Å². The van der Waals surface area contributed by atoms with Crippen molar-refractivity contribution in [3.05, 3.63) is 52.1 Å². The number of aromatic nitrogens is 2. The van der Waals surface area contributed by atoms with Crippen LogP contribution in [0.15, 0.2) is 42.5 Å². The van der Waals surface area contributed by atoms with Crippen molar-refractivity contribution in [3.8, 4) is 11.7 Å². The number of rotatable bonds is 4. The lowest BCUT2D eigenvalue weighted by molar-refractivity contribution is 0.0561. The summed E-state index contributed by atoms with van der Waals surface area (Å²) in [4.78, 5) is 23.3. The molecule has 0 aliphatic heterocycles. The number of hydrogen-bond acceptors (Lipinski definition) is 7. The maximum Gasteiger partial charge on any atom is 0.437 e. The highest BCUT2D eigenvalue weighted by Crippen LogP contribution is 2.18. The first-order chi connectivity index (χ1) is 10.6. The lowest BCUT2D eigenvalue weighted by Crippen LogP contribution is -2.16. The molecule has 22 heavy (non-hydrogen) atoms. The molecule has 0 unspecified atom stereocenters. The Bertz CT molecular complexity index is 852. The molecule has 114 valence electrons. The van der Waals surface area contributed by atoms with Gasteiger partial charge in [-0.05, 0) is 25.1 Å². The number of hydrogen-bond donors (Lipinski definition) is 0. The summed E-state index contributed by atoms with van der Waals surface area (Å²) in [7, 11) is 1.27. The third-order valence-electron chi connectivity index (χ3n) is 2.98. The minimum absolute atomic E-state index is 0.0286. The van der Waals surface area contributed by atoms with E-state index in [0.717, 1.165) is 4.68 Å². The minimum Gasteiger partial charge on any atom is -0.463 e. The first kappa shape index (κ1) is 13.9. The summed E-state index contributed by atoms with van der Waals surface area (Å²) in [5.41, 5.74) is 0.615. The van der Waals surface area contributed by atoms with Crippen LogP contribution in [0.5, 0.6) is 0 Å². The quantitative estimate of drug-likeness (QED) is 0.678. The van der Waals surface area contributed by atoms with E-state index in [9.17, 15) is 9.59 Å². The van der Waals surface area contributed by atoms with Crippen LogP contribution in [0.4, 0.5) is 0 Å². The summed E-state index contributed by atoms with van der Waals surface area (Å²) >= 11 is 0. The van der Waals surface area contributed by atoms with E-state index in [1.54, 1.807) is 25.1 Å². The van der Waals surface area contributed by atoms with Gasteiger partial charge in [0.25, 0.3) is 5.89 Å². The van der Waals surface area contributed by atoms with Gasteiger partial charge >= 0.3 is 11.7 Å². The van der Waals surface area contributed by atoms with Gasteiger partial charge in [-0.15, -0.1) is 5.10 Å². The third kappa shape index (κ3) is 2.46. The molecule has 0 aliphatic rings. The Hall–Kier alpha value is -3.03. The zero-order valence-corrected chi connectivity index (χ0v) is 11.9. The lowest BCUT2D eigenvalue weighted by Gasteiger charge is -1.96. The van der Waals surface area contributed by atoms with Gasteiger partial charge < -0.3 is 18.0 Å². The first-order valence-corrected chi connectivity index (χ1v) is 6.38. The van der Waals surface area contributed by atoms with Crippen molar-refractivity contribution in [2.24, 2.45) is 0 Å². The van der Waals surface area contributed by atoms with Crippen molar-refractivity contribution < 1.29 is 22.8 Å². The van der Waals surface area contributed by atoms with Gasteiger partial charge in [0.05, 0.1) is 13.4 Å². The van der Waals surface area contributed by atoms with E-state index in [-0.39, 0.29) is 18.2 Å². The summed E-state index contributed by atoms with van der Waals surface area (Å²) < 4.78 is 21.2. The smallest absolute Gasteiger partial charge is 0.437 e. The number of esters is 1. The molecule has 0 fully saturated rings. The second-order valence-corrected chi connectivity index (χ2v) is 4.52. The van der Waals surface area contributed by atoms with Gasteiger partial charge in [0.2, 0.25) is 5.76 Å². The van der Waals surface area contributed by atoms with Crippen molar-refractivity contribution in [1.82, 2.24) is 9.78 Å². The summed E-state index contributed by atoms with van der Waals surface area (Å²) in [6, 6.07) is 4.93. The summed E-state index contributed by atoms with van der Waals surface area (Å²) in [5, 5.41) is 4.02. The van der Waals surface area contributed by atoms with E-state index < -0.39 is 11.7 Å². The van der Waals surface area contributed by atoms with Gasteiger partial charge in [-0.25, -0.2) is 9.59 Å². The molecule has 0 saturated carbocycles. The highest BCUT2D eigenvalue weighted by Gasteiger charge is 2.18. The number of ether oxygens (including phenoxy) is 1.